The highest BCUT2D eigenvalue weighted by Gasteiger charge is 2.31. The molecule has 0 aliphatic rings. The van der Waals surface area contributed by atoms with E-state index < -0.39 is 17.5 Å². The predicted molar refractivity (Wildman–Crippen MR) is 114 cm³/mol. The van der Waals surface area contributed by atoms with Gasteiger partial charge in [-0.2, -0.15) is 0 Å². The summed E-state index contributed by atoms with van der Waals surface area (Å²) in [5, 5.41) is 0.862. The first-order valence-electron chi connectivity index (χ1n) is 9.89. The molecule has 0 amide bonds. The molecule has 156 valence electrons. The Morgan fingerprint density at radius 2 is 1.60 bits per heavy atom. The molecule has 0 spiro atoms. The molecule has 0 aliphatic carbocycles. The molecule has 1 heterocycles. The molecule has 0 bridgehead atoms. The smallest absolute Gasteiger partial charge is 0.349 e. The van der Waals surface area contributed by atoms with Gasteiger partial charge >= 0.3 is 11.9 Å². The van der Waals surface area contributed by atoms with Crippen LogP contribution in [0.4, 0.5) is 0 Å². The van der Waals surface area contributed by atoms with Crippen LogP contribution in [0.2, 0.25) is 0 Å². The molecule has 3 aromatic rings. The van der Waals surface area contributed by atoms with Gasteiger partial charge in [-0.25, -0.2) is 14.6 Å². The van der Waals surface area contributed by atoms with E-state index in [1.165, 1.54) is 0 Å². The molecular formula is C24H25NO5. The summed E-state index contributed by atoms with van der Waals surface area (Å²) in [7, 11) is 0. The highest BCUT2D eigenvalue weighted by molar-refractivity contribution is 6.00. The SMILES string of the molecule is CCOC(=O)c1cc2ccccc2nc1-c1ccc(OC(C)(C)C(=O)OCC)cc1. The van der Waals surface area contributed by atoms with Crippen molar-refractivity contribution in [1.82, 2.24) is 4.98 Å². The summed E-state index contributed by atoms with van der Waals surface area (Å²) in [6.45, 7) is 7.39. The van der Waals surface area contributed by atoms with Crippen molar-refractivity contribution in [3.8, 4) is 17.0 Å². The molecule has 0 saturated carbocycles. The lowest BCUT2D eigenvalue weighted by atomic mass is 10.0. The molecule has 6 heteroatoms. The third kappa shape index (κ3) is 4.59. The van der Waals surface area contributed by atoms with E-state index in [1.54, 1.807) is 58.0 Å². The highest BCUT2D eigenvalue weighted by atomic mass is 16.6. The lowest BCUT2D eigenvalue weighted by Crippen LogP contribution is -2.39. The van der Waals surface area contributed by atoms with E-state index in [4.69, 9.17) is 14.2 Å². The van der Waals surface area contributed by atoms with E-state index in [0.717, 1.165) is 16.5 Å². The van der Waals surface area contributed by atoms with Gasteiger partial charge in [-0.1, -0.05) is 18.2 Å². The van der Waals surface area contributed by atoms with Gasteiger partial charge < -0.3 is 14.2 Å². The Morgan fingerprint density at radius 3 is 2.27 bits per heavy atom. The second-order valence-electron chi connectivity index (χ2n) is 7.15. The molecule has 0 fully saturated rings. The Kier molecular flexibility index (Phi) is 6.35. The molecule has 0 atom stereocenters. The Bertz CT molecular complexity index is 1060. The zero-order valence-electron chi connectivity index (χ0n) is 17.6. The summed E-state index contributed by atoms with van der Waals surface area (Å²) in [5.74, 6) is -0.348. The van der Waals surface area contributed by atoms with Gasteiger partial charge in [-0.15, -0.1) is 0 Å². The minimum absolute atomic E-state index is 0.279. The molecule has 0 saturated heterocycles. The molecule has 0 aliphatic heterocycles. The Hall–Kier alpha value is -3.41. The number of fused-ring (bicyclic) bond motifs is 1. The average Bonchev–Trinajstić information content (AvgIpc) is 2.73. The maximum atomic E-state index is 12.5. The zero-order valence-corrected chi connectivity index (χ0v) is 17.6. The number of hydrogen-bond donors (Lipinski definition) is 0. The van der Waals surface area contributed by atoms with Crippen LogP contribution >= 0.6 is 0 Å². The summed E-state index contributed by atoms with van der Waals surface area (Å²) >= 11 is 0. The lowest BCUT2D eigenvalue weighted by Gasteiger charge is -2.24. The first-order valence-corrected chi connectivity index (χ1v) is 9.89. The predicted octanol–water partition coefficient (Wildman–Crippen LogP) is 4.80. The van der Waals surface area contributed by atoms with Crippen molar-refractivity contribution in [2.24, 2.45) is 0 Å². The molecule has 0 N–H and O–H groups in total. The number of para-hydroxylation sites is 1. The van der Waals surface area contributed by atoms with Gasteiger partial charge in [0.1, 0.15) is 5.75 Å². The summed E-state index contributed by atoms with van der Waals surface area (Å²) in [6.07, 6.45) is 0. The van der Waals surface area contributed by atoms with Gasteiger partial charge in [-0.3, -0.25) is 0 Å². The first kappa shape index (κ1) is 21.3. The number of nitrogens with zero attached hydrogens (tertiary/aromatic N) is 1. The first-order chi connectivity index (χ1) is 14.4. The summed E-state index contributed by atoms with van der Waals surface area (Å²) < 4.78 is 16.1. The second-order valence-corrected chi connectivity index (χ2v) is 7.15. The van der Waals surface area contributed by atoms with E-state index in [1.807, 2.05) is 24.3 Å². The van der Waals surface area contributed by atoms with Crippen LogP contribution in [0.1, 0.15) is 38.1 Å². The molecule has 30 heavy (non-hydrogen) atoms. The molecule has 0 radical (unpaired) electrons. The molecule has 2 aromatic carbocycles. The third-order valence-electron chi connectivity index (χ3n) is 4.49. The summed E-state index contributed by atoms with van der Waals surface area (Å²) in [4.78, 5) is 29.3. The largest absolute Gasteiger partial charge is 0.476 e. The van der Waals surface area contributed by atoms with Crippen LogP contribution in [0.5, 0.6) is 5.75 Å². The van der Waals surface area contributed by atoms with Gasteiger partial charge in [0.2, 0.25) is 0 Å². The molecule has 3 rings (SSSR count). The highest BCUT2D eigenvalue weighted by Crippen LogP contribution is 2.29. The normalized spacial score (nSPS) is 11.2. The number of rotatable bonds is 7. The monoisotopic (exact) mass is 407 g/mol. The number of pyridine rings is 1. The Balaban J connectivity index is 1.96. The van der Waals surface area contributed by atoms with Crippen molar-refractivity contribution >= 4 is 22.8 Å². The number of aromatic nitrogens is 1. The van der Waals surface area contributed by atoms with Crippen LogP contribution in [0.15, 0.2) is 54.6 Å². The number of esters is 2. The van der Waals surface area contributed by atoms with E-state index in [0.29, 0.717) is 17.0 Å². The number of hydrogen-bond acceptors (Lipinski definition) is 6. The van der Waals surface area contributed by atoms with E-state index in [9.17, 15) is 9.59 Å². The molecule has 0 unspecified atom stereocenters. The number of benzene rings is 2. The maximum Gasteiger partial charge on any atom is 0.349 e. The van der Waals surface area contributed by atoms with Crippen molar-refractivity contribution in [2.75, 3.05) is 13.2 Å². The van der Waals surface area contributed by atoms with Crippen molar-refractivity contribution in [3.63, 3.8) is 0 Å². The van der Waals surface area contributed by atoms with Crippen LogP contribution in [-0.2, 0) is 14.3 Å². The van der Waals surface area contributed by atoms with Gasteiger partial charge in [-0.05, 0) is 64.1 Å². The number of ether oxygens (including phenoxy) is 3. The Labute approximate surface area is 175 Å². The Morgan fingerprint density at radius 1 is 0.933 bits per heavy atom. The number of carbonyl (C=O) groups excluding carboxylic acids is 2. The average molecular weight is 407 g/mol. The summed E-state index contributed by atoms with van der Waals surface area (Å²) in [6, 6.07) is 16.5. The van der Waals surface area contributed by atoms with Crippen molar-refractivity contribution in [1.29, 1.82) is 0 Å². The second kappa shape index (κ2) is 8.95. The fourth-order valence-electron chi connectivity index (χ4n) is 3.02. The number of carbonyl (C=O) groups is 2. The van der Waals surface area contributed by atoms with Crippen LogP contribution < -0.4 is 4.74 Å². The van der Waals surface area contributed by atoms with Crippen molar-refractivity contribution in [2.45, 2.75) is 33.3 Å². The van der Waals surface area contributed by atoms with Gasteiger partial charge in [0.15, 0.2) is 5.60 Å². The minimum Gasteiger partial charge on any atom is -0.476 e. The van der Waals surface area contributed by atoms with Crippen LogP contribution in [0.25, 0.3) is 22.2 Å². The topological polar surface area (TPSA) is 74.7 Å². The lowest BCUT2D eigenvalue weighted by molar-refractivity contribution is -0.158. The van der Waals surface area contributed by atoms with Crippen molar-refractivity contribution < 1.29 is 23.8 Å². The van der Waals surface area contributed by atoms with Gasteiger partial charge in [0.05, 0.1) is 30.0 Å². The van der Waals surface area contributed by atoms with Gasteiger partial charge in [0, 0.05) is 10.9 Å². The fourth-order valence-corrected chi connectivity index (χ4v) is 3.02. The zero-order chi connectivity index (χ0) is 21.7. The van der Waals surface area contributed by atoms with E-state index >= 15 is 0 Å². The van der Waals surface area contributed by atoms with Crippen LogP contribution in [-0.4, -0.2) is 35.7 Å². The molecular weight excluding hydrogens is 382 g/mol. The standard InChI is InChI=1S/C24H25NO5/c1-5-28-22(26)19-15-17-9-7-8-10-20(17)25-21(19)16-11-13-18(14-12-16)30-24(3,4)23(27)29-6-2/h7-15H,5-6H2,1-4H3. The van der Waals surface area contributed by atoms with E-state index in [2.05, 4.69) is 4.98 Å². The quantitative estimate of drug-likeness (QED) is 0.524. The molecule has 1 aromatic heterocycles. The summed E-state index contributed by atoms with van der Waals surface area (Å²) in [5.41, 5.74) is 1.34. The van der Waals surface area contributed by atoms with Gasteiger partial charge in [0.25, 0.3) is 0 Å². The van der Waals surface area contributed by atoms with Crippen molar-refractivity contribution in [3.05, 3.63) is 60.2 Å². The molecule has 6 nitrogen and oxygen atoms in total. The van der Waals surface area contributed by atoms with Crippen LogP contribution in [0.3, 0.4) is 0 Å². The third-order valence-corrected chi connectivity index (χ3v) is 4.49. The maximum absolute atomic E-state index is 12.5. The van der Waals surface area contributed by atoms with E-state index in [-0.39, 0.29) is 13.2 Å². The van der Waals surface area contributed by atoms with Crippen LogP contribution in [0, 0.1) is 0 Å². The fraction of sp³-hybridized carbons (Fsp3) is 0.292. The minimum atomic E-state index is -1.12.